The van der Waals surface area contributed by atoms with Crippen molar-refractivity contribution in [3.05, 3.63) is 35.0 Å². The van der Waals surface area contributed by atoms with E-state index in [0.29, 0.717) is 22.3 Å². The van der Waals surface area contributed by atoms with Crippen LogP contribution >= 0.6 is 11.6 Å². The molecule has 1 aromatic carbocycles. The van der Waals surface area contributed by atoms with E-state index in [-0.39, 0.29) is 23.4 Å². The number of rotatable bonds is 5. The van der Waals surface area contributed by atoms with Crippen LogP contribution < -0.4 is 15.4 Å². The standard InChI is InChI=1S/C18H21ClN4O3/c1-23-16(21-17(24)11-5-3-4-6-11)10-14(22-23)18(25)20-12-7-8-15(26-2)13(19)9-12/h7-11H,3-6H2,1-2H3,(H,20,25)(H,21,24). The predicted octanol–water partition coefficient (Wildman–Crippen LogP) is 3.46. The first-order valence-electron chi connectivity index (χ1n) is 8.47. The molecule has 1 saturated carbocycles. The van der Waals surface area contributed by atoms with Gasteiger partial charge in [-0.2, -0.15) is 5.10 Å². The summed E-state index contributed by atoms with van der Waals surface area (Å²) in [7, 11) is 3.21. The SMILES string of the molecule is COc1ccc(NC(=O)c2cc(NC(=O)C3CCCC3)n(C)n2)cc1Cl. The molecule has 1 aliphatic carbocycles. The van der Waals surface area contributed by atoms with Crippen molar-refractivity contribution in [1.82, 2.24) is 9.78 Å². The van der Waals surface area contributed by atoms with Crippen molar-refractivity contribution in [1.29, 1.82) is 0 Å². The van der Waals surface area contributed by atoms with Crippen molar-refractivity contribution in [2.45, 2.75) is 25.7 Å². The Bertz CT molecular complexity index is 828. The Kier molecular flexibility index (Phi) is 5.46. The molecule has 7 nitrogen and oxygen atoms in total. The summed E-state index contributed by atoms with van der Waals surface area (Å²) in [6.07, 6.45) is 3.99. The lowest BCUT2D eigenvalue weighted by Crippen LogP contribution is -2.21. The van der Waals surface area contributed by atoms with Gasteiger partial charge in [-0.15, -0.1) is 0 Å². The third-order valence-electron chi connectivity index (χ3n) is 4.50. The monoisotopic (exact) mass is 376 g/mol. The molecular weight excluding hydrogens is 356 g/mol. The Morgan fingerprint density at radius 2 is 1.96 bits per heavy atom. The van der Waals surface area contributed by atoms with Crippen LogP contribution in [0.1, 0.15) is 36.2 Å². The molecule has 2 amide bonds. The van der Waals surface area contributed by atoms with Crippen molar-refractivity contribution >= 4 is 34.9 Å². The van der Waals surface area contributed by atoms with Gasteiger partial charge in [-0.25, -0.2) is 0 Å². The molecule has 1 aromatic heterocycles. The number of ether oxygens (including phenoxy) is 1. The normalized spacial score (nSPS) is 14.3. The van der Waals surface area contributed by atoms with E-state index in [1.807, 2.05) is 0 Å². The number of hydrogen-bond acceptors (Lipinski definition) is 4. The fourth-order valence-corrected chi connectivity index (χ4v) is 3.31. The van der Waals surface area contributed by atoms with E-state index in [9.17, 15) is 9.59 Å². The number of carbonyl (C=O) groups excluding carboxylic acids is 2. The van der Waals surface area contributed by atoms with E-state index in [1.54, 1.807) is 31.3 Å². The molecule has 0 radical (unpaired) electrons. The van der Waals surface area contributed by atoms with Gasteiger partial charge in [0.1, 0.15) is 11.6 Å². The van der Waals surface area contributed by atoms with E-state index in [2.05, 4.69) is 15.7 Å². The van der Waals surface area contributed by atoms with E-state index in [0.717, 1.165) is 25.7 Å². The molecule has 2 aromatic rings. The van der Waals surface area contributed by atoms with Crippen LogP contribution in [0.15, 0.2) is 24.3 Å². The van der Waals surface area contributed by atoms with E-state index < -0.39 is 0 Å². The van der Waals surface area contributed by atoms with Gasteiger partial charge in [0.05, 0.1) is 12.1 Å². The van der Waals surface area contributed by atoms with Gasteiger partial charge in [0, 0.05) is 24.7 Å². The van der Waals surface area contributed by atoms with Crippen LogP contribution in [0.2, 0.25) is 5.02 Å². The minimum Gasteiger partial charge on any atom is -0.495 e. The lowest BCUT2D eigenvalue weighted by molar-refractivity contribution is -0.119. The number of halogens is 1. The number of amides is 2. The number of anilines is 2. The molecule has 0 bridgehead atoms. The van der Waals surface area contributed by atoms with Crippen LogP contribution in [-0.4, -0.2) is 28.7 Å². The van der Waals surface area contributed by atoms with Crippen LogP contribution in [0.3, 0.4) is 0 Å². The Morgan fingerprint density at radius 1 is 1.23 bits per heavy atom. The molecule has 1 aliphatic rings. The summed E-state index contributed by atoms with van der Waals surface area (Å²) >= 11 is 6.06. The maximum Gasteiger partial charge on any atom is 0.276 e. The van der Waals surface area contributed by atoms with Gasteiger partial charge in [0.15, 0.2) is 5.69 Å². The molecule has 8 heteroatoms. The maximum absolute atomic E-state index is 12.4. The fraction of sp³-hybridized carbons (Fsp3) is 0.389. The van der Waals surface area contributed by atoms with Crippen molar-refractivity contribution in [3.63, 3.8) is 0 Å². The summed E-state index contributed by atoms with van der Waals surface area (Å²) in [5, 5.41) is 10.2. The molecule has 0 aliphatic heterocycles. The molecule has 0 saturated heterocycles. The highest BCUT2D eigenvalue weighted by atomic mass is 35.5. The predicted molar refractivity (Wildman–Crippen MR) is 99.8 cm³/mol. The van der Waals surface area contributed by atoms with Crippen molar-refractivity contribution < 1.29 is 14.3 Å². The van der Waals surface area contributed by atoms with Gasteiger partial charge in [-0.1, -0.05) is 24.4 Å². The van der Waals surface area contributed by atoms with Gasteiger partial charge in [0.2, 0.25) is 5.91 Å². The molecule has 0 atom stereocenters. The van der Waals surface area contributed by atoms with Gasteiger partial charge in [-0.05, 0) is 31.0 Å². The minimum absolute atomic E-state index is 0.0144. The smallest absolute Gasteiger partial charge is 0.276 e. The largest absolute Gasteiger partial charge is 0.495 e. The van der Waals surface area contributed by atoms with Gasteiger partial charge in [-0.3, -0.25) is 14.3 Å². The average Bonchev–Trinajstić information content (AvgIpc) is 3.26. The number of nitrogens with one attached hydrogen (secondary N) is 2. The zero-order chi connectivity index (χ0) is 18.7. The molecular formula is C18H21ClN4O3. The molecule has 2 N–H and O–H groups in total. The van der Waals surface area contributed by atoms with Gasteiger partial charge >= 0.3 is 0 Å². The summed E-state index contributed by atoms with van der Waals surface area (Å²) in [5.41, 5.74) is 0.740. The summed E-state index contributed by atoms with van der Waals surface area (Å²) < 4.78 is 6.58. The molecule has 1 heterocycles. The third kappa shape index (κ3) is 3.99. The molecule has 26 heavy (non-hydrogen) atoms. The van der Waals surface area contributed by atoms with Crippen LogP contribution in [0, 0.1) is 5.92 Å². The second kappa shape index (κ2) is 7.78. The summed E-state index contributed by atoms with van der Waals surface area (Å²) in [4.78, 5) is 24.7. The first kappa shape index (κ1) is 18.3. The zero-order valence-corrected chi connectivity index (χ0v) is 15.5. The Hall–Kier alpha value is -2.54. The van der Waals surface area contributed by atoms with Crippen molar-refractivity contribution in [2.75, 3.05) is 17.7 Å². The van der Waals surface area contributed by atoms with E-state index >= 15 is 0 Å². The molecule has 0 unspecified atom stereocenters. The first-order chi connectivity index (χ1) is 12.5. The van der Waals surface area contributed by atoms with Crippen LogP contribution in [0.4, 0.5) is 11.5 Å². The highest BCUT2D eigenvalue weighted by Crippen LogP contribution is 2.28. The number of nitrogens with zero attached hydrogens (tertiary/aromatic N) is 2. The second-order valence-corrected chi connectivity index (χ2v) is 6.72. The number of carbonyl (C=O) groups is 2. The lowest BCUT2D eigenvalue weighted by atomic mass is 10.1. The summed E-state index contributed by atoms with van der Waals surface area (Å²) in [6.45, 7) is 0. The van der Waals surface area contributed by atoms with Gasteiger partial charge < -0.3 is 15.4 Å². The quantitative estimate of drug-likeness (QED) is 0.836. The van der Waals surface area contributed by atoms with Crippen LogP contribution in [0.5, 0.6) is 5.75 Å². The topological polar surface area (TPSA) is 85.3 Å². The summed E-state index contributed by atoms with van der Waals surface area (Å²) in [6, 6.07) is 6.52. The number of hydrogen-bond donors (Lipinski definition) is 2. The van der Waals surface area contributed by atoms with Crippen molar-refractivity contribution in [3.8, 4) is 5.75 Å². The Morgan fingerprint density at radius 3 is 2.62 bits per heavy atom. The van der Waals surface area contributed by atoms with Crippen LogP contribution in [0.25, 0.3) is 0 Å². The average molecular weight is 377 g/mol. The molecule has 138 valence electrons. The second-order valence-electron chi connectivity index (χ2n) is 6.31. The number of benzene rings is 1. The highest BCUT2D eigenvalue weighted by Gasteiger charge is 2.24. The van der Waals surface area contributed by atoms with E-state index in [4.69, 9.17) is 16.3 Å². The third-order valence-corrected chi connectivity index (χ3v) is 4.79. The van der Waals surface area contributed by atoms with Crippen molar-refractivity contribution in [2.24, 2.45) is 13.0 Å². The Balaban J connectivity index is 1.68. The minimum atomic E-state index is -0.386. The maximum atomic E-state index is 12.4. The number of aryl methyl sites for hydroxylation is 1. The summed E-state index contributed by atoms with van der Waals surface area (Å²) in [5.74, 6) is 0.672. The fourth-order valence-electron chi connectivity index (χ4n) is 3.05. The molecule has 1 fully saturated rings. The van der Waals surface area contributed by atoms with E-state index in [1.165, 1.54) is 11.8 Å². The Labute approximate surface area is 156 Å². The zero-order valence-electron chi connectivity index (χ0n) is 14.7. The molecule has 3 rings (SSSR count). The molecule has 0 spiro atoms. The van der Waals surface area contributed by atoms with Gasteiger partial charge in [0.25, 0.3) is 5.91 Å². The van der Waals surface area contributed by atoms with Crippen LogP contribution in [-0.2, 0) is 11.8 Å². The first-order valence-corrected chi connectivity index (χ1v) is 8.85. The number of aromatic nitrogens is 2. The lowest BCUT2D eigenvalue weighted by Gasteiger charge is -2.09. The number of methoxy groups -OCH3 is 1. The highest BCUT2D eigenvalue weighted by molar-refractivity contribution is 6.32.